The molecule has 0 unspecified atom stereocenters. The van der Waals surface area contributed by atoms with Crippen LogP contribution in [-0.2, 0) is 4.79 Å². The Balaban J connectivity index is 1.86. The molecular formula is C20H18N2O5S3. The van der Waals surface area contributed by atoms with Crippen LogP contribution in [0.5, 0.6) is 5.75 Å². The summed E-state index contributed by atoms with van der Waals surface area (Å²) in [4.78, 5) is 26.1. The highest BCUT2D eigenvalue weighted by Gasteiger charge is 2.33. The van der Waals surface area contributed by atoms with Crippen molar-refractivity contribution in [3.05, 3.63) is 63.0 Å². The number of amides is 1. The quantitative estimate of drug-likeness (QED) is 0.202. The molecule has 1 fully saturated rings. The van der Waals surface area contributed by atoms with Crippen molar-refractivity contribution in [3.63, 3.8) is 0 Å². The number of carbonyl (C=O) groups is 1. The molecule has 1 N–H and O–H groups in total. The molecule has 1 saturated heterocycles. The molecule has 30 heavy (non-hydrogen) atoms. The number of thiocarbonyl (C=S) groups is 1. The van der Waals surface area contributed by atoms with Gasteiger partial charge in [0.1, 0.15) is 5.75 Å². The highest BCUT2D eigenvalue weighted by molar-refractivity contribution is 8.27. The first-order chi connectivity index (χ1) is 14.4. The second kappa shape index (κ2) is 10.1. The average Bonchev–Trinajstić information content (AvgIpc) is 3.00. The Hall–Kier alpha value is -2.40. The molecule has 0 atom stereocenters. The van der Waals surface area contributed by atoms with Crippen molar-refractivity contribution in [1.82, 2.24) is 0 Å². The first kappa shape index (κ1) is 22.3. The lowest BCUT2D eigenvalue weighted by molar-refractivity contribution is -0.387. The molecule has 0 bridgehead atoms. The van der Waals surface area contributed by atoms with Gasteiger partial charge in [-0.3, -0.25) is 19.8 Å². The van der Waals surface area contributed by atoms with Crippen LogP contribution in [0.15, 0.2) is 52.3 Å². The minimum atomic E-state index is -0.470. The molecule has 0 saturated carbocycles. The van der Waals surface area contributed by atoms with Crippen LogP contribution in [0.1, 0.15) is 12.5 Å². The topological polar surface area (TPSA) is 92.9 Å². The summed E-state index contributed by atoms with van der Waals surface area (Å²) < 4.78 is 5.81. The standard InChI is InChI=1S/C20H18N2O5S3/c1-2-27-15-6-4-14(5-7-15)21-19(24)18(30-20(21)28)12-13-3-8-17(29-10-9-23)16(11-13)22(25)26/h3-8,11-12,23H,2,9-10H2,1H3/b18-12-. The van der Waals surface area contributed by atoms with Gasteiger partial charge in [-0.2, -0.15) is 0 Å². The highest BCUT2D eigenvalue weighted by atomic mass is 32.2. The van der Waals surface area contributed by atoms with Crippen molar-refractivity contribution >= 4 is 63.4 Å². The Morgan fingerprint density at radius 1 is 1.30 bits per heavy atom. The monoisotopic (exact) mass is 462 g/mol. The average molecular weight is 463 g/mol. The van der Waals surface area contributed by atoms with E-state index >= 15 is 0 Å². The molecule has 1 heterocycles. The molecular weight excluding hydrogens is 444 g/mol. The molecule has 7 nitrogen and oxygen atoms in total. The van der Waals surface area contributed by atoms with Gasteiger partial charge in [0.25, 0.3) is 11.6 Å². The summed E-state index contributed by atoms with van der Waals surface area (Å²) in [5.74, 6) is 0.783. The number of nitrogens with zero attached hydrogens (tertiary/aromatic N) is 2. The van der Waals surface area contributed by atoms with E-state index in [0.717, 1.165) is 11.8 Å². The molecule has 3 rings (SSSR count). The molecule has 1 aliphatic rings. The lowest BCUT2D eigenvalue weighted by Gasteiger charge is -2.15. The van der Waals surface area contributed by atoms with E-state index in [1.54, 1.807) is 42.5 Å². The normalized spacial score (nSPS) is 15.1. The number of hydrogen-bond acceptors (Lipinski definition) is 8. The fourth-order valence-corrected chi connectivity index (χ4v) is 4.80. The summed E-state index contributed by atoms with van der Waals surface area (Å²) in [6.07, 6.45) is 1.60. The van der Waals surface area contributed by atoms with Crippen molar-refractivity contribution in [2.75, 3.05) is 23.9 Å². The van der Waals surface area contributed by atoms with E-state index in [2.05, 4.69) is 0 Å². The zero-order chi connectivity index (χ0) is 21.7. The number of benzene rings is 2. The Morgan fingerprint density at radius 2 is 2.03 bits per heavy atom. The van der Waals surface area contributed by atoms with Gasteiger partial charge in [0.15, 0.2) is 4.32 Å². The predicted molar refractivity (Wildman–Crippen MR) is 124 cm³/mol. The number of ether oxygens (including phenoxy) is 1. The first-order valence-corrected chi connectivity index (χ1v) is 11.2. The number of carbonyl (C=O) groups excluding carboxylic acids is 1. The lowest BCUT2D eigenvalue weighted by Crippen LogP contribution is -2.27. The summed E-state index contributed by atoms with van der Waals surface area (Å²) in [7, 11) is 0. The van der Waals surface area contributed by atoms with Crippen molar-refractivity contribution in [1.29, 1.82) is 0 Å². The van der Waals surface area contributed by atoms with Crippen molar-refractivity contribution in [3.8, 4) is 5.75 Å². The molecule has 0 radical (unpaired) electrons. The molecule has 0 aliphatic carbocycles. The molecule has 0 aromatic heterocycles. The van der Waals surface area contributed by atoms with Gasteiger partial charge < -0.3 is 9.84 Å². The number of nitro groups is 1. The number of rotatable bonds is 8. The number of anilines is 1. The van der Waals surface area contributed by atoms with Gasteiger partial charge >= 0.3 is 0 Å². The molecule has 2 aromatic rings. The molecule has 10 heteroatoms. The van der Waals surface area contributed by atoms with Gasteiger partial charge in [-0.1, -0.05) is 30.0 Å². The molecule has 0 spiro atoms. The smallest absolute Gasteiger partial charge is 0.283 e. The van der Waals surface area contributed by atoms with Crippen molar-refractivity contribution in [2.24, 2.45) is 0 Å². The summed E-state index contributed by atoms with van der Waals surface area (Å²) >= 11 is 7.73. The Bertz CT molecular complexity index is 1010. The van der Waals surface area contributed by atoms with Gasteiger partial charge in [0, 0.05) is 11.8 Å². The minimum Gasteiger partial charge on any atom is -0.494 e. The van der Waals surface area contributed by atoms with Crippen LogP contribution in [0.3, 0.4) is 0 Å². The number of thioether (sulfide) groups is 2. The second-order valence-electron chi connectivity index (χ2n) is 6.00. The minimum absolute atomic E-state index is 0.0656. The summed E-state index contributed by atoms with van der Waals surface area (Å²) in [5.41, 5.74) is 1.09. The van der Waals surface area contributed by atoms with Gasteiger partial charge in [0.05, 0.1) is 33.6 Å². The third-order valence-corrected chi connectivity index (χ3v) is 6.37. The van der Waals surface area contributed by atoms with E-state index in [4.69, 9.17) is 22.1 Å². The van der Waals surface area contributed by atoms with E-state index in [0.29, 0.717) is 43.5 Å². The predicted octanol–water partition coefficient (Wildman–Crippen LogP) is 4.48. The number of aliphatic hydroxyl groups is 1. The van der Waals surface area contributed by atoms with E-state index in [1.165, 1.54) is 22.7 Å². The Morgan fingerprint density at radius 3 is 2.67 bits per heavy atom. The third kappa shape index (κ3) is 5.01. The second-order valence-corrected chi connectivity index (χ2v) is 8.81. The number of aliphatic hydroxyl groups excluding tert-OH is 1. The van der Waals surface area contributed by atoms with E-state index in [1.807, 2.05) is 6.92 Å². The number of hydrogen-bond donors (Lipinski definition) is 1. The molecule has 156 valence electrons. The summed E-state index contributed by atoms with van der Waals surface area (Å²) in [6.45, 7) is 2.37. The van der Waals surface area contributed by atoms with Crippen LogP contribution >= 0.6 is 35.7 Å². The number of nitro benzene ring substituents is 1. The maximum absolute atomic E-state index is 12.9. The van der Waals surface area contributed by atoms with Crippen LogP contribution in [0.2, 0.25) is 0 Å². The maximum atomic E-state index is 12.9. The van der Waals surface area contributed by atoms with Gasteiger partial charge in [-0.05, 0) is 48.9 Å². The van der Waals surface area contributed by atoms with E-state index in [-0.39, 0.29) is 18.2 Å². The van der Waals surface area contributed by atoms with Crippen molar-refractivity contribution in [2.45, 2.75) is 11.8 Å². The molecule has 2 aromatic carbocycles. The first-order valence-electron chi connectivity index (χ1n) is 8.97. The van der Waals surface area contributed by atoms with E-state index < -0.39 is 4.92 Å². The van der Waals surface area contributed by atoms with Crippen LogP contribution in [0.4, 0.5) is 11.4 Å². The Labute approximate surface area is 187 Å². The third-order valence-electron chi connectivity index (χ3n) is 4.03. The van der Waals surface area contributed by atoms with Crippen molar-refractivity contribution < 1.29 is 19.6 Å². The van der Waals surface area contributed by atoms with Gasteiger partial charge in [-0.15, -0.1) is 11.8 Å². The zero-order valence-electron chi connectivity index (χ0n) is 15.9. The van der Waals surface area contributed by atoms with Crippen LogP contribution < -0.4 is 9.64 Å². The zero-order valence-corrected chi connectivity index (χ0v) is 18.4. The van der Waals surface area contributed by atoms with Gasteiger partial charge in [0.2, 0.25) is 0 Å². The van der Waals surface area contributed by atoms with Crippen LogP contribution in [0.25, 0.3) is 6.08 Å². The fourth-order valence-electron chi connectivity index (χ4n) is 2.74. The fraction of sp³-hybridized carbons (Fsp3) is 0.200. The molecule has 1 aliphatic heterocycles. The maximum Gasteiger partial charge on any atom is 0.283 e. The Kier molecular flexibility index (Phi) is 7.48. The largest absolute Gasteiger partial charge is 0.494 e. The van der Waals surface area contributed by atoms with E-state index in [9.17, 15) is 14.9 Å². The van der Waals surface area contributed by atoms with Crippen LogP contribution in [-0.4, -0.2) is 39.2 Å². The van der Waals surface area contributed by atoms with Crippen LogP contribution in [0, 0.1) is 10.1 Å². The highest BCUT2D eigenvalue weighted by Crippen LogP contribution is 2.37. The van der Waals surface area contributed by atoms with Gasteiger partial charge in [-0.25, -0.2) is 0 Å². The SMILES string of the molecule is CCOc1ccc(N2C(=O)/C(=C/c3ccc(SCCO)c([N+](=O)[O-])c3)SC2=S)cc1. The summed E-state index contributed by atoms with van der Waals surface area (Å²) in [5, 5.41) is 20.4. The summed E-state index contributed by atoms with van der Waals surface area (Å²) in [6, 6.07) is 11.8. The molecule has 1 amide bonds. The lowest BCUT2D eigenvalue weighted by atomic mass is 10.2.